The molecule has 1 radical (unpaired) electrons. The van der Waals surface area contributed by atoms with Crippen LogP contribution >= 0.6 is 0 Å². The molecule has 1 saturated heterocycles. The van der Waals surface area contributed by atoms with Crippen LogP contribution in [0.1, 0.15) is 49.1 Å². The molecule has 3 nitrogen and oxygen atoms in total. The van der Waals surface area contributed by atoms with Crippen molar-refractivity contribution < 1.29 is 4.74 Å². The monoisotopic (exact) mass is 309 g/mol. The molecule has 2 aliphatic heterocycles. The molecule has 2 fully saturated rings. The maximum atomic E-state index is 9.16. The first-order valence-electron chi connectivity index (χ1n) is 9.04. The highest BCUT2D eigenvalue weighted by atomic mass is 16.5. The Kier molecular flexibility index (Phi) is 4.27. The van der Waals surface area contributed by atoms with Gasteiger partial charge >= 0.3 is 0 Å². The van der Waals surface area contributed by atoms with E-state index in [-0.39, 0.29) is 0 Å². The van der Waals surface area contributed by atoms with Crippen LogP contribution in [0.15, 0.2) is 18.2 Å². The Balaban J connectivity index is 1.41. The van der Waals surface area contributed by atoms with E-state index in [9.17, 15) is 0 Å². The van der Waals surface area contributed by atoms with Gasteiger partial charge in [0.2, 0.25) is 0 Å². The lowest BCUT2D eigenvalue weighted by Crippen LogP contribution is -2.26. The van der Waals surface area contributed by atoms with Gasteiger partial charge in [-0.2, -0.15) is 5.26 Å². The number of hydrogen-bond acceptors (Lipinski definition) is 3. The second kappa shape index (κ2) is 6.53. The summed E-state index contributed by atoms with van der Waals surface area (Å²) < 4.78 is 5.94. The molecule has 0 N–H and O–H groups in total. The van der Waals surface area contributed by atoms with Crippen molar-refractivity contribution in [2.24, 2.45) is 11.8 Å². The molecule has 4 rings (SSSR count). The lowest BCUT2D eigenvalue weighted by atomic mass is 9.86. The normalized spacial score (nSPS) is 27.8. The third-order valence-electron chi connectivity index (χ3n) is 5.88. The Morgan fingerprint density at radius 2 is 2.26 bits per heavy atom. The van der Waals surface area contributed by atoms with E-state index >= 15 is 0 Å². The molecule has 0 aromatic heterocycles. The summed E-state index contributed by atoms with van der Waals surface area (Å²) in [7, 11) is 0. The molecular formula is C20H25N2O. The average molecular weight is 309 g/mol. The van der Waals surface area contributed by atoms with Gasteiger partial charge in [0.1, 0.15) is 5.75 Å². The first-order chi connectivity index (χ1) is 11.3. The SMILES string of the molecule is N#Cc1ccc2c(c1)[C@@H]1CN(CCC3C[CH]CCC3)C[C@H]1CO2. The van der Waals surface area contributed by atoms with Crippen LogP contribution in [0.2, 0.25) is 0 Å². The number of rotatable bonds is 3. The van der Waals surface area contributed by atoms with E-state index in [1.54, 1.807) is 0 Å². The molecule has 1 aromatic rings. The molecule has 3 aliphatic rings. The minimum absolute atomic E-state index is 0.546. The van der Waals surface area contributed by atoms with E-state index in [4.69, 9.17) is 10.00 Å². The zero-order valence-electron chi connectivity index (χ0n) is 13.7. The largest absolute Gasteiger partial charge is 0.493 e. The first kappa shape index (κ1) is 15.0. The molecule has 0 bridgehead atoms. The van der Waals surface area contributed by atoms with Gasteiger partial charge in [-0.3, -0.25) is 0 Å². The van der Waals surface area contributed by atoms with E-state index in [1.165, 1.54) is 44.2 Å². The smallest absolute Gasteiger partial charge is 0.122 e. The zero-order valence-corrected chi connectivity index (χ0v) is 13.7. The minimum Gasteiger partial charge on any atom is -0.493 e. The minimum atomic E-state index is 0.546. The third-order valence-corrected chi connectivity index (χ3v) is 5.88. The molecule has 1 aromatic carbocycles. The predicted molar refractivity (Wildman–Crippen MR) is 90.2 cm³/mol. The number of nitrogens with zero attached hydrogens (tertiary/aromatic N) is 2. The topological polar surface area (TPSA) is 36.3 Å². The van der Waals surface area contributed by atoms with E-state index < -0.39 is 0 Å². The van der Waals surface area contributed by atoms with E-state index in [0.717, 1.165) is 36.9 Å². The van der Waals surface area contributed by atoms with Crippen LogP contribution < -0.4 is 4.74 Å². The zero-order chi connectivity index (χ0) is 15.6. The van der Waals surface area contributed by atoms with Crippen LogP contribution in [0.5, 0.6) is 5.75 Å². The Morgan fingerprint density at radius 3 is 3.09 bits per heavy atom. The Hall–Kier alpha value is -1.53. The van der Waals surface area contributed by atoms with Gasteiger partial charge in [0.05, 0.1) is 18.2 Å². The lowest BCUT2D eigenvalue weighted by molar-refractivity contribution is 0.210. The van der Waals surface area contributed by atoms with Crippen molar-refractivity contribution in [2.45, 2.75) is 38.0 Å². The first-order valence-corrected chi connectivity index (χ1v) is 9.04. The number of ether oxygens (including phenoxy) is 1. The summed E-state index contributed by atoms with van der Waals surface area (Å²) in [6, 6.07) is 8.15. The summed E-state index contributed by atoms with van der Waals surface area (Å²) >= 11 is 0. The van der Waals surface area contributed by atoms with E-state index in [2.05, 4.69) is 17.4 Å². The fraction of sp³-hybridized carbons (Fsp3) is 0.600. The molecule has 1 saturated carbocycles. The van der Waals surface area contributed by atoms with Crippen LogP contribution in [-0.2, 0) is 0 Å². The van der Waals surface area contributed by atoms with Crippen molar-refractivity contribution in [2.75, 3.05) is 26.2 Å². The van der Waals surface area contributed by atoms with Gasteiger partial charge in [-0.25, -0.2) is 0 Å². The number of fused-ring (bicyclic) bond motifs is 3. The summed E-state index contributed by atoms with van der Waals surface area (Å²) in [4.78, 5) is 2.63. The van der Waals surface area contributed by atoms with Crippen molar-refractivity contribution in [3.63, 3.8) is 0 Å². The van der Waals surface area contributed by atoms with Gasteiger partial charge in [-0.05, 0) is 49.9 Å². The highest BCUT2D eigenvalue weighted by Gasteiger charge is 2.38. The summed E-state index contributed by atoms with van der Waals surface area (Å²) in [5, 5.41) is 9.16. The summed E-state index contributed by atoms with van der Waals surface area (Å²) in [6.45, 7) is 4.33. The molecule has 0 spiro atoms. The van der Waals surface area contributed by atoms with Gasteiger partial charge in [0.15, 0.2) is 0 Å². The predicted octanol–water partition coefficient (Wildman–Crippen LogP) is 3.75. The molecule has 3 heteroatoms. The summed E-state index contributed by atoms with van der Waals surface area (Å²) in [5.74, 6) is 3.04. The number of nitriles is 1. The van der Waals surface area contributed by atoms with E-state index in [0.29, 0.717) is 11.8 Å². The lowest BCUT2D eigenvalue weighted by Gasteiger charge is -2.27. The number of hydrogen-bond donors (Lipinski definition) is 0. The molecule has 2 heterocycles. The Labute approximate surface area is 139 Å². The molecule has 121 valence electrons. The number of benzene rings is 1. The third kappa shape index (κ3) is 3.10. The fourth-order valence-electron chi connectivity index (χ4n) is 4.55. The van der Waals surface area contributed by atoms with E-state index in [1.807, 2.05) is 18.2 Å². The van der Waals surface area contributed by atoms with Crippen LogP contribution in [0.3, 0.4) is 0 Å². The molecule has 1 unspecified atom stereocenters. The maximum absolute atomic E-state index is 9.16. The Morgan fingerprint density at radius 1 is 1.30 bits per heavy atom. The van der Waals surface area contributed by atoms with Crippen molar-refractivity contribution in [3.8, 4) is 11.8 Å². The second-order valence-corrected chi connectivity index (χ2v) is 7.41. The quantitative estimate of drug-likeness (QED) is 0.853. The molecule has 3 atom stereocenters. The maximum Gasteiger partial charge on any atom is 0.122 e. The average Bonchev–Trinajstić information content (AvgIpc) is 3.04. The van der Waals surface area contributed by atoms with Crippen molar-refractivity contribution in [1.29, 1.82) is 5.26 Å². The summed E-state index contributed by atoms with van der Waals surface area (Å²) in [6.07, 6.45) is 9.24. The Bertz CT molecular complexity index is 600. The van der Waals surface area contributed by atoms with Crippen LogP contribution in [0, 0.1) is 29.6 Å². The number of likely N-dealkylation sites (tertiary alicyclic amines) is 1. The van der Waals surface area contributed by atoms with Gasteiger partial charge < -0.3 is 9.64 Å². The van der Waals surface area contributed by atoms with Gasteiger partial charge in [0, 0.05) is 30.5 Å². The van der Waals surface area contributed by atoms with Crippen molar-refractivity contribution in [3.05, 3.63) is 35.7 Å². The van der Waals surface area contributed by atoms with Crippen molar-refractivity contribution >= 4 is 0 Å². The molecule has 23 heavy (non-hydrogen) atoms. The van der Waals surface area contributed by atoms with Gasteiger partial charge in [-0.1, -0.05) is 19.3 Å². The molecular weight excluding hydrogens is 284 g/mol. The molecule has 1 aliphatic carbocycles. The van der Waals surface area contributed by atoms with Gasteiger partial charge in [-0.15, -0.1) is 0 Å². The van der Waals surface area contributed by atoms with Crippen LogP contribution in [0.4, 0.5) is 0 Å². The molecule has 0 amide bonds. The highest BCUT2D eigenvalue weighted by Crippen LogP contribution is 2.42. The fourth-order valence-corrected chi connectivity index (χ4v) is 4.55. The highest BCUT2D eigenvalue weighted by molar-refractivity contribution is 5.46. The summed E-state index contributed by atoms with van der Waals surface area (Å²) in [5.41, 5.74) is 2.01. The van der Waals surface area contributed by atoms with Crippen molar-refractivity contribution in [1.82, 2.24) is 4.90 Å². The van der Waals surface area contributed by atoms with Gasteiger partial charge in [0.25, 0.3) is 0 Å². The second-order valence-electron chi connectivity index (χ2n) is 7.41. The van der Waals surface area contributed by atoms with Crippen LogP contribution in [-0.4, -0.2) is 31.1 Å². The van der Waals surface area contributed by atoms with Crippen LogP contribution in [0.25, 0.3) is 0 Å². The standard InChI is InChI=1S/C20H25N2O/c21-11-16-6-7-20-18(10-16)19-13-22(12-17(19)14-23-20)9-8-15-4-2-1-3-5-15/h2,6-7,10,15,17,19H,1,3-5,8-9,12-14H2/t15?,17-,19+/m0/s1.